The Bertz CT molecular complexity index is 824. The minimum atomic E-state index is -0.297. The summed E-state index contributed by atoms with van der Waals surface area (Å²) in [6.07, 6.45) is 1.96. The first-order valence-electron chi connectivity index (χ1n) is 7.80. The molecular formula is C20H20N2O2. The second kappa shape index (κ2) is 7.04. The molecule has 1 atom stereocenters. The third kappa shape index (κ3) is 3.18. The third-order valence-electron chi connectivity index (χ3n) is 4.04. The van der Waals surface area contributed by atoms with Crippen LogP contribution in [0, 0.1) is 0 Å². The van der Waals surface area contributed by atoms with Gasteiger partial charge in [0.25, 0.3) is 5.91 Å². The highest BCUT2D eigenvalue weighted by atomic mass is 16.5. The number of para-hydroxylation sites is 1. The number of benzene rings is 2. The second-order valence-electron chi connectivity index (χ2n) is 5.56. The van der Waals surface area contributed by atoms with Crippen molar-refractivity contribution >= 4 is 5.91 Å². The summed E-state index contributed by atoms with van der Waals surface area (Å²) in [7, 11) is 3.60. The minimum absolute atomic E-state index is 0.118. The molecule has 122 valence electrons. The van der Waals surface area contributed by atoms with E-state index in [0.29, 0.717) is 5.56 Å². The van der Waals surface area contributed by atoms with Gasteiger partial charge in [-0.25, -0.2) is 0 Å². The predicted octanol–water partition coefficient (Wildman–Crippen LogP) is 3.55. The van der Waals surface area contributed by atoms with E-state index in [2.05, 4.69) is 5.32 Å². The van der Waals surface area contributed by atoms with Crippen LogP contribution in [-0.4, -0.2) is 17.6 Å². The fourth-order valence-corrected chi connectivity index (χ4v) is 2.79. The standard InChI is InChI=1S/C20H20N2O2/c1-22-14-8-12-17(22)19(16-11-6-7-13-18(16)24-2)21-20(23)15-9-4-3-5-10-15/h3-14,19H,1-2H3,(H,21,23). The third-order valence-corrected chi connectivity index (χ3v) is 4.04. The lowest BCUT2D eigenvalue weighted by Gasteiger charge is -2.22. The summed E-state index contributed by atoms with van der Waals surface area (Å²) in [5, 5.41) is 3.13. The van der Waals surface area contributed by atoms with Crippen LogP contribution in [-0.2, 0) is 7.05 Å². The predicted molar refractivity (Wildman–Crippen MR) is 94.2 cm³/mol. The number of methoxy groups -OCH3 is 1. The van der Waals surface area contributed by atoms with Crippen LogP contribution in [0.1, 0.15) is 27.7 Å². The van der Waals surface area contributed by atoms with Gasteiger partial charge in [-0.3, -0.25) is 4.79 Å². The maximum absolute atomic E-state index is 12.7. The molecule has 1 N–H and O–H groups in total. The number of hydrogen-bond acceptors (Lipinski definition) is 2. The van der Waals surface area contributed by atoms with Crippen molar-refractivity contribution < 1.29 is 9.53 Å². The van der Waals surface area contributed by atoms with Crippen molar-refractivity contribution in [3.63, 3.8) is 0 Å². The number of aromatic nitrogens is 1. The first-order valence-corrected chi connectivity index (χ1v) is 7.80. The Hall–Kier alpha value is -3.01. The molecule has 0 aliphatic carbocycles. The Morgan fingerprint density at radius 3 is 2.38 bits per heavy atom. The van der Waals surface area contributed by atoms with E-state index in [9.17, 15) is 4.79 Å². The Morgan fingerprint density at radius 2 is 1.71 bits per heavy atom. The lowest BCUT2D eigenvalue weighted by molar-refractivity contribution is 0.0941. The van der Waals surface area contributed by atoms with Crippen molar-refractivity contribution in [1.82, 2.24) is 9.88 Å². The van der Waals surface area contributed by atoms with Crippen LogP contribution in [0.5, 0.6) is 5.75 Å². The van der Waals surface area contributed by atoms with Crippen LogP contribution in [0.15, 0.2) is 72.9 Å². The molecule has 0 saturated heterocycles. The Labute approximate surface area is 141 Å². The summed E-state index contributed by atoms with van der Waals surface area (Å²) in [4.78, 5) is 12.7. The molecule has 3 aromatic rings. The highest BCUT2D eigenvalue weighted by Crippen LogP contribution is 2.30. The van der Waals surface area contributed by atoms with Crippen molar-refractivity contribution in [2.45, 2.75) is 6.04 Å². The molecule has 24 heavy (non-hydrogen) atoms. The van der Waals surface area contributed by atoms with Crippen LogP contribution in [0.4, 0.5) is 0 Å². The molecule has 0 fully saturated rings. The van der Waals surface area contributed by atoms with Gasteiger partial charge >= 0.3 is 0 Å². The van der Waals surface area contributed by atoms with E-state index < -0.39 is 0 Å². The van der Waals surface area contributed by atoms with Crippen molar-refractivity contribution in [2.75, 3.05) is 7.11 Å². The summed E-state index contributed by atoms with van der Waals surface area (Å²) in [5.74, 6) is 0.629. The topological polar surface area (TPSA) is 43.3 Å². The molecular weight excluding hydrogens is 300 g/mol. The van der Waals surface area contributed by atoms with Crippen LogP contribution < -0.4 is 10.1 Å². The van der Waals surface area contributed by atoms with Crippen LogP contribution in [0.25, 0.3) is 0 Å². The number of carbonyl (C=O) groups is 1. The Morgan fingerprint density at radius 1 is 1.00 bits per heavy atom. The fraction of sp³-hybridized carbons (Fsp3) is 0.150. The monoisotopic (exact) mass is 320 g/mol. The summed E-state index contributed by atoms with van der Waals surface area (Å²) >= 11 is 0. The van der Waals surface area contributed by atoms with Crippen LogP contribution in [0.3, 0.4) is 0 Å². The molecule has 4 heteroatoms. The van der Waals surface area contributed by atoms with Crippen molar-refractivity contribution in [1.29, 1.82) is 0 Å². The largest absolute Gasteiger partial charge is 0.496 e. The molecule has 0 saturated carbocycles. The van der Waals surface area contributed by atoms with E-state index in [1.807, 2.05) is 72.4 Å². The average molecular weight is 320 g/mol. The SMILES string of the molecule is COc1ccccc1C(NC(=O)c1ccccc1)c1cccn1C. The quantitative estimate of drug-likeness (QED) is 0.781. The molecule has 1 aromatic heterocycles. The molecule has 1 amide bonds. The zero-order chi connectivity index (χ0) is 16.9. The average Bonchev–Trinajstić information content (AvgIpc) is 3.06. The Balaban J connectivity index is 2.00. The molecule has 0 bridgehead atoms. The molecule has 3 rings (SSSR count). The number of ether oxygens (including phenoxy) is 1. The normalized spacial score (nSPS) is 11.8. The number of aryl methyl sites for hydroxylation is 1. The number of amides is 1. The smallest absolute Gasteiger partial charge is 0.252 e. The molecule has 0 radical (unpaired) electrons. The number of hydrogen-bond donors (Lipinski definition) is 1. The Kier molecular flexibility index (Phi) is 4.66. The molecule has 1 heterocycles. The van der Waals surface area contributed by atoms with Gasteiger partial charge in [0.15, 0.2) is 0 Å². The van der Waals surface area contributed by atoms with Crippen molar-refractivity contribution in [3.8, 4) is 5.75 Å². The minimum Gasteiger partial charge on any atom is -0.496 e. The number of carbonyl (C=O) groups excluding carboxylic acids is 1. The van der Waals surface area contributed by atoms with Gasteiger partial charge in [0, 0.05) is 30.1 Å². The summed E-state index contributed by atoms with van der Waals surface area (Å²) in [6.45, 7) is 0. The van der Waals surface area contributed by atoms with Gasteiger partial charge in [-0.05, 0) is 30.3 Å². The van der Waals surface area contributed by atoms with Gasteiger partial charge in [-0.2, -0.15) is 0 Å². The highest BCUT2D eigenvalue weighted by molar-refractivity contribution is 5.94. The second-order valence-corrected chi connectivity index (χ2v) is 5.56. The van der Waals surface area contributed by atoms with Gasteiger partial charge in [-0.1, -0.05) is 36.4 Å². The number of nitrogens with one attached hydrogen (secondary N) is 1. The summed E-state index contributed by atoms with van der Waals surface area (Å²) < 4.78 is 7.49. The van der Waals surface area contributed by atoms with Gasteiger partial charge in [0.2, 0.25) is 0 Å². The van der Waals surface area contributed by atoms with Crippen molar-refractivity contribution in [2.24, 2.45) is 7.05 Å². The van der Waals surface area contributed by atoms with Gasteiger partial charge < -0.3 is 14.6 Å². The molecule has 0 aliphatic heterocycles. The van der Waals surface area contributed by atoms with Gasteiger partial charge in [0.05, 0.1) is 13.2 Å². The molecule has 2 aromatic carbocycles. The zero-order valence-corrected chi connectivity index (χ0v) is 13.8. The van der Waals surface area contributed by atoms with E-state index in [0.717, 1.165) is 17.0 Å². The first-order chi connectivity index (χ1) is 11.7. The highest BCUT2D eigenvalue weighted by Gasteiger charge is 2.22. The van der Waals surface area contributed by atoms with Crippen LogP contribution in [0.2, 0.25) is 0 Å². The van der Waals surface area contributed by atoms with E-state index >= 15 is 0 Å². The van der Waals surface area contributed by atoms with Crippen molar-refractivity contribution in [3.05, 3.63) is 89.7 Å². The zero-order valence-electron chi connectivity index (χ0n) is 13.8. The first kappa shape index (κ1) is 15.9. The molecule has 0 aliphatic rings. The van der Waals surface area contributed by atoms with Gasteiger partial charge in [-0.15, -0.1) is 0 Å². The summed E-state index contributed by atoms with van der Waals surface area (Å²) in [6, 6.07) is 20.6. The van der Waals surface area contributed by atoms with E-state index in [-0.39, 0.29) is 11.9 Å². The summed E-state index contributed by atoms with van der Waals surface area (Å²) in [5.41, 5.74) is 2.54. The fourth-order valence-electron chi connectivity index (χ4n) is 2.79. The van der Waals surface area contributed by atoms with E-state index in [1.165, 1.54) is 0 Å². The maximum Gasteiger partial charge on any atom is 0.252 e. The number of rotatable bonds is 5. The van der Waals surface area contributed by atoms with E-state index in [1.54, 1.807) is 19.2 Å². The van der Waals surface area contributed by atoms with Crippen LogP contribution >= 0.6 is 0 Å². The lowest BCUT2D eigenvalue weighted by atomic mass is 10.0. The molecule has 0 spiro atoms. The molecule has 1 unspecified atom stereocenters. The van der Waals surface area contributed by atoms with Gasteiger partial charge in [0.1, 0.15) is 5.75 Å². The molecule has 4 nitrogen and oxygen atoms in total. The van der Waals surface area contributed by atoms with E-state index in [4.69, 9.17) is 4.74 Å². The maximum atomic E-state index is 12.7. The number of nitrogens with zero attached hydrogens (tertiary/aromatic N) is 1. The lowest BCUT2D eigenvalue weighted by Crippen LogP contribution is -2.30.